The minimum absolute atomic E-state index is 0.291. The van der Waals surface area contributed by atoms with Crippen molar-refractivity contribution in [2.45, 2.75) is 32.3 Å². The van der Waals surface area contributed by atoms with Crippen LogP contribution in [0.4, 0.5) is 5.00 Å². The minimum Gasteiger partial charge on any atom is -0.467 e. The predicted molar refractivity (Wildman–Crippen MR) is 54.0 cm³/mol. The fourth-order valence-corrected chi connectivity index (χ4v) is 2.10. The Labute approximate surface area is 81.9 Å². The zero-order valence-electron chi connectivity index (χ0n) is 7.69. The maximum atomic E-state index is 5.67. The lowest BCUT2D eigenvalue weighted by molar-refractivity contribution is 0.0986. The minimum atomic E-state index is 0.291. The van der Waals surface area contributed by atoms with Gasteiger partial charge in [0.05, 0.1) is 6.20 Å². The fourth-order valence-electron chi connectivity index (χ4n) is 1.49. The Morgan fingerprint density at radius 3 is 2.92 bits per heavy atom. The SMILES string of the molecule is CC(Oc1ncc(N)s1)C1CCC1. The Morgan fingerprint density at radius 2 is 2.46 bits per heavy atom. The third-order valence-electron chi connectivity index (χ3n) is 2.60. The highest BCUT2D eigenvalue weighted by Crippen LogP contribution is 2.33. The Balaban J connectivity index is 1.89. The van der Waals surface area contributed by atoms with Gasteiger partial charge in [-0.05, 0) is 25.7 Å². The lowest BCUT2D eigenvalue weighted by atomic mass is 9.82. The molecule has 2 rings (SSSR count). The molecule has 13 heavy (non-hydrogen) atoms. The van der Waals surface area contributed by atoms with Gasteiger partial charge < -0.3 is 10.5 Å². The van der Waals surface area contributed by atoms with Crippen LogP contribution in [0.1, 0.15) is 26.2 Å². The topological polar surface area (TPSA) is 48.1 Å². The largest absolute Gasteiger partial charge is 0.467 e. The quantitative estimate of drug-likeness (QED) is 0.810. The van der Waals surface area contributed by atoms with Crippen LogP contribution in [0.2, 0.25) is 0 Å². The Hall–Kier alpha value is -0.770. The molecule has 0 saturated heterocycles. The molecule has 1 aromatic heterocycles. The van der Waals surface area contributed by atoms with Crippen LogP contribution in [0.25, 0.3) is 0 Å². The van der Waals surface area contributed by atoms with Crippen LogP contribution in [-0.4, -0.2) is 11.1 Å². The Bertz CT molecular complexity index is 283. The molecule has 1 aromatic rings. The van der Waals surface area contributed by atoms with Crippen LogP contribution in [0.15, 0.2) is 6.20 Å². The molecule has 0 aliphatic heterocycles. The molecule has 1 aliphatic carbocycles. The van der Waals surface area contributed by atoms with Crippen LogP contribution >= 0.6 is 11.3 Å². The maximum Gasteiger partial charge on any atom is 0.275 e. The standard InChI is InChI=1S/C9H14N2OS/c1-6(7-3-2-4-7)12-9-11-5-8(10)13-9/h5-7H,2-4,10H2,1H3. The van der Waals surface area contributed by atoms with Gasteiger partial charge in [0.2, 0.25) is 0 Å². The Morgan fingerprint density at radius 1 is 1.69 bits per heavy atom. The van der Waals surface area contributed by atoms with Crippen molar-refractivity contribution < 1.29 is 4.74 Å². The summed E-state index contributed by atoms with van der Waals surface area (Å²) in [7, 11) is 0. The lowest BCUT2D eigenvalue weighted by Crippen LogP contribution is -2.28. The van der Waals surface area contributed by atoms with Gasteiger partial charge in [-0.2, -0.15) is 0 Å². The first-order chi connectivity index (χ1) is 6.25. The second kappa shape index (κ2) is 3.54. The van der Waals surface area contributed by atoms with Crippen molar-refractivity contribution >= 4 is 16.3 Å². The second-order valence-corrected chi connectivity index (χ2v) is 4.57. The molecular formula is C9H14N2OS. The van der Waals surface area contributed by atoms with Crippen molar-refractivity contribution in [2.24, 2.45) is 5.92 Å². The Kier molecular flexibility index (Phi) is 2.40. The summed E-state index contributed by atoms with van der Waals surface area (Å²) in [5, 5.41) is 1.42. The number of anilines is 1. The molecule has 3 nitrogen and oxygen atoms in total. The molecule has 1 saturated carbocycles. The monoisotopic (exact) mass is 198 g/mol. The molecule has 0 amide bonds. The van der Waals surface area contributed by atoms with E-state index >= 15 is 0 Å². The number of nitrogens with zero attached hydrogens (tertiary/aromatic N) is 1. The highest BCUT2D eigenvalue weighted by atomic mass is 32.1. The first-order valence-corrected chi connectivity index (χ1v) is 5.45. The molecule has 0 aromatic carbocycles. The van der Waals surface area contributed by atoms with E-state index in [2.05, 4.69) is 11.9 Å². The summed E-state index contributed by atoms with van der Waals surface area (Å²) in [4.78, 5) is 4.07. The predicted octanol–water partition coefficient (Wildman–Crippen LogP) is 2.29. The molecule has 2 N–H and O–H groups in total. The average molecular weight is 198 g/mol. The molecule has 1 aliphatic rings. The number of rotatable bonds is 3. The first-order valence-electron chi connectivity index (χ1n) is 4.63. The maximum absolute atomic E-state index is 5.67. The van der Waals surface area contributed by atoms with Crippen molar-refractivity contribution in [1.29, 1.82) is 0 Å². The molecule has 0 radical (unpaired) electrons. The van der Waals surface area contributed by atoms with E-state index in [-0.39, 0.29) is 0 Å². The van der Waals surface area contributed by atoms with Crippen LogP contribution < -0.4 is 10.5 Å². The van der Waals surface area contributed by atoms with Gasteiger partial charge in [0.1, 0.15) is 11.1 Å². The van der Waals surface area contributed by atoms with Crippen molar-refractivity contribution in [3.8, 4) is 5.19 Å². The van der Waals surface area contributed by atoms with Crippen LogP contribution in [0.5, 0.6) is 5.19 Å². The van der Waals surface area contributed by atoms with Crippen molar-refractivity contribution in [3.05, 3.63) is 6.20 Å². The highest BCUT2D eigenvalue weighted by molar-refractivity contribution is 7.17. The average Bonchev–Trinajstić information content (AvgIpc) is 2.31. The molecule has 72 valence electrons. The number of hydrogen-bond donors (Lipinski definition) is 1. The molecule has 0 spiro atoms. The van der Waals surface area contributed by atoms with Gasteiger partial charge in [0.15, 0.2) is 0 Å². The van der Waals surface area contributed by atoms with Crippen molar-refractivity contribution in [3.63, 3.8) is 0 Å². The third-order valence-corrected chi connectivity index (χ3v) is 3.32. The normalized spacial score (nSPS) is 19.5. The van der Waals surface area contributed by atoms with Crippen LogP contribution in [0.3, 0.4) is 0 Å². The summed E-state index contributed by atoms with van der Waals surface area (Å²) in [5.41, 5.74) is 5.55. The lowest BCUT2D eigenvalue weighted by Gasteiger charge is -2.30. The van der Waals surface area contributed by atoms with E-state index in [1.807, 2.05) is 0 Å². The number of aromatic nitrogens is 1. The zero-order chi connectivity index (χ0) is 9.26. The zero-order valence-corrected chi connectivity index (χ0v) is 8.51. The van der Waals surface area contributed by atoms with Gasteiger partial charge in [-0.3, -0.25) is 0 Å². The molecule has 1 fully saturated rings. The molecule has 4 heteroatoms. The van der Waals surface area contributed by atoms with Gasteiger partial charge in [-0.25, -0.2) is 4.98 Å². The summed E-state index contributed by atoms with van der Waals surface area (Å²) in [6, 6.07) is 0. The number of hydrogen-bond acceptors (Lipinski definition) is 4. The molecule has 1 heterocycles. The summed E-state index contributed by atoms with van der Waals surface area (Å²) in [5.74, 6) is 0.727. The van der Waals surface area contributed by atoms with Crippen molar-refractivity contribution in [1.82, 2.24) is 4.98 Å². The van der Waals surface area contributed by atoms with E-state index in [4.69, 9.17) is 10.5 Å². The number of ether oxygens (including phenoxy) is 1. The molecule has 1 atom stereocenters. The van der Waals surface area contributed by atoms with Crippen molar-refractivity contribution in [2.75, 3.05) is 5.73 Å². The molecule has 0 bridgehead atoms. The first kappa shape index (κ1) is 8.81. The van der Waals surface area contributed by atoms with Crippen LogP contribution in [0, 0.1) is 5.92 Å². The fraction of sp³-hybridized carbons (Fsp3) is 0.667. The van der Waals surface area contributed by atoms with Gasteiger partial charge in [-0.1, -0.05) is 17.8 Å². The second-order valence-electron chi connectivity index (χ2n) is 3.54. The van der Waals surface area contributed by atoms with E-state index in [0.29, 0.717) is 11.3 Å². The van der Waals surface area contributed by atoms with E-state index < -0.39 is 0 Å². The number of nitrogen functional groups attached to an aromatic ring is 1. The summed E-state index contributed by atoms with van der Waals surface area (Å²) in [6.45, 7) is 2.11. The summed E-state index contributed by atoms with van der Waals surface area (Å²) in [6.07, 6.45) is 5.87. The van der Waals surface area contributed by atoms with Gasteiger partial charge >= 0.3 is 0 Å². The summed E-state index contributed by atoms with van der Waals surface area (Å²) >= 11 is 1.41. The molecule has 1 unspecified atom stereocenters. The summed E-state index contributed by atoms with van der Waals surface area (Å²) < 4.78 is 5.67. The van der Waals surface area contributed by atoms with E-state index in [1.54, 1.807) is 6.20 Å². The van der Waals surface area contributed by atoms with Crippen LogP contribution in [-0.2, 0) is 0 Å². The number of thiazole rings is 1. The van der Waals surface area contributed by atoms with Gasteiger partial charge in [0, 0.05) is 0 Å². The van der Waals surface area contributed by atoms with Gasteiger partial charge in [-0.15, -0.1) is 0 Å². The van der Waals surface area contributed by atoms with E-state index in [0.717, 1.165) is 10.9 Å². The van der Waals surface area contributed by atoms with E-state index in [1.165, 1.54) is 30.6 Å². The third kappa shape index (κ3) is 1.94. The smallest absolute Gasteiger partial charge is 0.275 e. The van der Waals surface area contributed by atoms with E-state index in [9.17, 15) is 0 Å². The van der Waals surface area contributed by atoms with Gasteiger partial charge in [0.25, 0.3) is 5.19 Å². The number of nitrogens with two attached hydrogens (primary N) is 1. The molecular weight excluding hydrogens is 184 g/mol. The highest BCUT2D eigenvalue weighted by Gasteiger charge is 2.25.